The molecule has 2 aromatic carbocycles. The van der Waals surface area contributed by atoms with Gasteiger partial charge in [-0.3, -0.25) is 9.59 Å². The minimum atomic E-state index is -0.386. The third-order valence-corrected chi connectivity index (χ3v) is 3.74. The first-order valence-corrected chi connectivity index (χ1v) is 6.65. The van der Waals surface area contributed by atoms with Crippen LogP contribution in [0.5, 0.6) is 5.75 Å². The van der Waals surface area contributed by atoms with Crippen LogP contribution in [0.15, 0.2) is 36.4 Å². The molecule has 5 heteroatoms. The van der Waals surface area contributed by atoms with Crippen molar-refractivity contribution < 1.29 is 14.3 Å². The standard InChI is InChI=1S/C17H12N2O3/c1-10-11(9-18)7-8-14(15(10)22-2)19-16(20)12-5-3-4-6-13(12)17(19)21/h3-8H,1-2H3. The Bertz CT molecular complexity index is 814. The minimum absolute atomic E-state index is 0.352. The van der Waals surface area contributed by atoms with E-state index >= 15 is 0 Å². The molecule has 0 atom stereocenters. The van der Waals surface area contributed by atoms with E-state index in [9.17, 15) is 9.59 Å². The van der Waals surface area contributed by atoms with Gasteiger partial charge in [0.05, 0.1) is 35.6 Å². The van der Waals surface area contributed by atoms with E-state index in [1.165, 1.54) is 7.11 Å². The monoisotopic (exact) mass is 292 g/mol. The van der Waals surface area contributed by atoms with Gasteiger partial charge in [0.15, 0.2) is 0 Å². The number of imide groups is 1. The molecule has 3 rings (SSSR count). The molecule has 0 bridgehead atoms. The van der Waals surface area contributed by atoms with Gasteiger partial charge < -0.3 is 4.74 Å². The number of nitrogens with zero attached hydrogens (tertiary/aromatic N) is 2. The molecule has 1 heterocycles. The number of anilines is 1. The average molecular weight is 292 g/mol. The molecular weight excluding hydrogens is 280 g/mol. The van der Waals surface area contributed by atoms with Crippen LogP contribution in [0.4, 0.5) is 5.69 Å². The molecule has 0 aliphatic carbocycles. The number of rotatable bonds is 2. The van der Waals surface area contributed by atoms with E-state index in [0.717, 1.165) is 4.90 Å². The first kappa shape index (κ1) is 13.8. The summed E-state index contributed by atoms with van der Waals surface area (Å²) in [5.41, 5.74) is 2.13. The lowest BCUT2D eigenvalue weighted by Gasteiger charge is -2.19. The second kappa shape index (κ2) is 5.01. The van der Waals surface area contributed by atoms with Crippen LogP contribution in [0.25, 0.3) is 0 Å². The average Bonchev–Trinajstić information content (AvgIpc) is 2.79. The molecule has 0 N–H and O–H groups in total. The molecular formula is C17H12N2O3. The van der Waals surface area contributed by atoms with Crippen molar-refractivity contribution >= 4 is 17.5 Å². The second-order valence-corrected chi connectivity index (χ2v) is 4.89. The Morgan fingerprint density at radius 1 is 1.05 bits per heavy atom. The number of carbonyl (C=O) groups excluding carboxylic acids is 2. The van der Waals surface area contributed by atoms with Gasteiger partial charge in [-0.15, -0.1) is 0 Å². The summed E-state index contributed by atoms with van der Waals surface area (Å²) in [6.07, 6.45) is 0. The normalized spacial score (nSPS) is 13.0. The second-order valence-electron chi connectivity index (χ2n) is 4.89. The lowest BCUT2D eigenvalue weighted by atomic mass is 10.1. The molecule has 0 saturated carbocycles. The maximum atomic E-state index is 12.5. The van der Waals surface area contributed by atoms with E-state index in [4.69, 9.17) is 10.00 Å². The van der Waals surface area contributed by atoms with Gasteiger partial charge in [-0.05, 0) is 31.2 Å². The van der Waals surface area contributed by atoms with Gasteiger partial charge in [0.1, 0.15) is 5.75 Å². The number of carbonyl (C=O) groups is 2. The molecule has 0 fully saturated rings. The maximum Gasteiger partial charge on any atom is 0.266 e. The van der Waals surface area contributed by atoms with E-state index < -0.39 is 0 Å². The molecule has 0 aromatic heterocycles. The van der Waals surface area contributed by atoms with Gasteiger partial charge in [-0.2, -0.15) is 5.26 Å². The number of ether oxygens (including phenoxy) is 1. The van der Waals surface area contributed by atoms with Gasteiger partial charge in [0, 0.05) is 5.56 Å². The van der Waals surface area contributed by atoms with Crippen molar-refractivity contribution in [1.29, 1.82) is 5.26 Å². The molecule has 0 saturated heterocycles. The zero-order valence-corrected chi connectivity index (χ0v) is 12.1. The van der Waals surface area contributed by atoms with Crippen LogP contribution in [0, 0.1) is 18.3 Å². The highest BCUT2D eigenvalue weighted by molar-refractivity contribution is 6.34. The van der Waals surface area contributed by atoms with Gasteiger partial charge in [0.25, 0.3) is 11.8 Å². The van der Waals surface area contributed by atoms with Crippen LogP contribution in [0.2, 0.25) is 0 Å². The fourth-order valence-electron chi connectivity index (χ4n) is 2.64. The third kappa shape index (κ3) is 1.78. The number of fused-ring (bicyclic) bond motifs is 1. The van der Waals surface area contributed by atoms with E-state index in [1.807, 2.05) is 0 Å². The summed E-state index contributed by atoms with van der Waals surface area (Å²) in [4.78, 5) is 26.1. The highest BCUT2D eigenvalue weighted by atomic mass is 16.5. The van der Waals surface area contributed by atoms with Crippen molar-refractivity contribution in [3.8, 4) is 11.8 Å². The maximum absolute atomic E-state index is 12.5. The van der Waals surface area contributed by atoms with Crippen molar-refractivity contribution in [3.63, 3.8) is 0 Å². The molecule has 0 unspecified atom stereocenters. The van der Waals surface area contributed by atoms with Crippen LogP contribution in [0.1, 0.15) is 31.8 Å². The lowest BCUT2D eigenvalue weighted by Crippen LogP contribution is -2.30. The van der Waals surface area contributed by atoms with Crippen molar-refractivity contribution in [3.05, 3.63) is 58.7 Å². The molecule has 2 aromatic rings. The minimum Gasteiger partial charge on any atom is -0.494 e. The van der Waals surface area contributed by atoms with Crippen LogP contribution in [-0.4, -0.2) is 18.9 Å². The van der Waals surface area contributed by atoms with Crippen LogP contribution < -0.4 is 9.64 Å². The van der Waals surface area contributed by atoms with Crippen LogP contribution in [-0.2, 0) is 0 Å². The molecule has 1 aliphatic heterocycles. The van der Waals surface area contributed by atoms with E-state index in [1.54, 1.807) is 43.3 Å². The van der Waals surface area contributed by atoms with Gasteiger partial charge in [0.2, 0.25) is 0 Å². The Balaban J connectivity index is 2.19. The fraction of sp³-hybridized carbons (Fsp3) is 0.118. The van der Waals surface area contributed by atoms with Crippen molar-refractivity contribution in [2.75, 3.05) is 12.0 Å². The topological polar surface area (TPSA) is 70.4 Å². The van der Waals surface area contributed by atoms with Crippen molar-refractivity contribution in [2.24, 2.45) is 0 Å². The van der Waals surface area contributed by atoms with Gasteiger partial charge >= 0.3 is 0 Å². The molecule has 22 heavy (non-hydrogen) atoms. The summed E-state index contributed by atoms with van der Waals surface area (Å²) in [6, 6.07) is 11.9. The smallest absolute Gasteiger partial charge is 0.266 e. The summed E-state index contributed by atoms with van der Waals surface area (Å²) in [6.45, 7) is 1.72. The number of hydrogen-bond acceptors (Lipinski definition) is 4. The Hall–Kier alpha value is -3.13. The highest BCUT2D eigenvalue weighted by Crippen LogP contribution is 2.37. The summed E-state index contributed by atoms with van der Waals surface area (Å²) in [7, 11) is 1.45. The first-order chi connectivity index (χ1) is 10.6. The number of hydrogen-bond donors (Lipinski definition) is 0. The Morgan fingerprint density at radius 3 is 2.14 bits per heavy atom. The summed E-state index contributed by atoms with van der Waals surface area (Å²) >= 11 is 0. The van der Waals surface area contributed by atoms with E-state index in [0.29, 0.717) is 33.7 Å². The van der Waals surface area contributed by atoms with Gasteiger partial charge in [-0.25, -0.2) is 4.90 Å². The van der Waals surface area contributed by atoms with Crippen molar-refractivity contribution in [2.45, 2.75) is 6.92 Å². The number of methoxy groups -OCH3 is 1. The predicted molar refractivity (Wildman–Crippen MR) is 80.0 cm³/mol. The Morgan fingerprint density at radius 2 is 1.64 bits per heavy atom. The SMILES string of the molecule is COc1c(N2C(=O)c3ccccc3C2=O)ccc(C#N)c1C. The Labute approximate surface area is 127 Å². The quantitative estimate of drug-likeness (QED) is 0.798. The van der Waals surface area contributed by atoms with E-state index in [-0.39, 0.29) is 11.8 Å². The zero-order valence-electron chi connectivity index (χ0n) is 12.1. The Kier molecular flexibility index (Phi) is 3.15. The number of amides is 2. The number of benzene rings is 2. The molecule has 2 amide bonds. The van der Waals surface area contributed by atoms with Crippen LogP contribution in [0.3, 0.4) is 0 Å². The molecule has 1 aliphatic rings. The van der Waals surface area contributed by atoms with Gasteiger partial charge in [-0.1, -0.05) is 12.1 Å². The first-order valence-electron chi connectivity index (χ1n) is 6.65. The summed E-state index contributed by atoms with van der Waals surface area (Å²) in [5, 5.41) is 9.09. The predicted octanol–water partition coefficient (Wildman–Crippen LogP) is 2.68. The van der Waals surface area contributed by atoms with E-state index in [2.05, 4.69) is 6.07 Å². The molecule has 108 valence electrons. The third-order valence-electron chi connectivity index (χ3n) is 3.74. The summed E-state index contributed by atoms with van der Waals surface area (Å²) in [5.74, 6) is -0.417. The molecule has 0 radical (unpaired) electrons. The lowest BCUT2D eigenvalue weighted by molar-refractivity contribution is 0.0925. The zero-order chi connectivity index (χ0) is 15.9. The molecule has 0 spiro atoms. The largest absolute Gasteiger partial charge is 0.494 e. The van der Waals surface area contributed by atoms with Crippen LogP contribution >= 0.6 is 0 Å². The summed E-state index contributed by atoms with van der Waals surface area (Å²) < 4.78 is 5.33. The fourth-order valence-corrected chi connectivity index (χ4v) is 2.64. The molecule has 5 nitrogen and oxygen atoms in total. The highest BCUT2D eigenvalue weighted by Gasteiger charge is 2.38. The number of nitriles is 1. The van der Waals surface area contributed by atoms with Crippen molar-refractivity contribution in [1.82, 2.24) is 0 Å².